The first-order chi connectivity index (χ1) is 11.7. The number of nitrogens with zero attached hydrogens (tertiary/aromatic N) is 1. The maximum Gasteiger partial charge on any atom is 0.111 e. The van der Waals surface area contributed by atoms with Crippen molar-refractivity contribution in [1.82, 2.24) is 9.97 Å². The molecule has 0 fully saturated rings. The van der Waals surface area contributed by atoms with E-state index in [2.05, 4.69) is 35.3 Å². The molecule has 4 rings (SSSR count). The summed E-state index contributed by atoms with van der Waals surface area (Å²) in [6.07, 6.45) is 2.55. The van der Waals surface area contributed by atoms with E-state index in [1.54, 1.807) is 6.07 Å². The molecule has 1 heterocycles. The molecule has 4 heteroatoms. The fraction of sp³-hybridized carbons (Fsp3) is 0.0500. The molecule has 0 unspecified atom stereocenters. The molecule has 2 nitrogen and oxygen atoms in total. The highest BCUT2D eigenvalue weighted by Crippen LogP contribution is 2.25. The molecule has 0 aliphatic rings. The Morgan fingerprint density at radius 1 is 0.875 bits per heavy atom. The van der Waals surface area contributed by atoms with E-state index in [1.165, 1.54) is 10.8 Å². The number of aromatic nitrogens is 2. The molecule has 0 aliphatic heterocycles. The molecule has 0 aliphatic carbocycles. The molecule has 24 heavy (non-hydrogen) atoms. The van der Waals surface area contributed by atoms with E-state index in [0.29, 0.717) is 16.5 Å². The van der Waals surface area contributed by atoms with Gasteiger partial charge in [-0.3, -0.25) is 0 Å². The number of rotatable bonds is 3. The second-order valence-corrected chi connectivity index (χ2v) is 6.55. The van der Waals surface area contributed by atoms with Crippen molar-refractivity contribution in [2.45, 2.75) is 6.42 Å². The largest absolute Gasteiger partial charge is 0.348 e. The van der Waals surface area contributed by atoms with Gasteiger partial charge in [0.05, 0.1) is 5.69 Å². The highest BCUT2D eigenvalue weighted by Gasteiger charge is 2.08. The molecule has 1 N–H and O–H groups in total. The Labute approximate surface area is 150 Å². The lowest BCUT2D eigenvalue weighted by Gasteiger charge is -2.03. The van der Waals surface area contributed by atoms with E-state index in [0.717, 1.165) is 22.6 Å². The molecular formula is C20H14Cl2N2. The zero-order valence-corrected chi connectivity index (χ0v) is 14.3. The number of imidazole rings is 1. The number of hydrogen-bond donors (Lipinski definition) is 1. The minimum absolute atomic E-state index is 0.618. The van der Waals surface area contributed by atoms with Gasteiger partial charge in [0, 0.05) is 28.2 Å². The van der Waals surface area contributed by atoms with Gasteiger partial charge in [0.2, 0.25) is 0 Å². The Morgan fingerprint density at radius 2 is 1.71 bits per heavy atom. The van der Waals surface area contributed by atoms with E-state index in [-0.39, 0.29) is 0 Å². The summed E-state index contributed by atoms with van der Waals surface area (Å²) in [5.41, 5.74) is 2.98. The van der Waals surface area contributed by atoms with Gasteiger partial charge in [0.15, 0.2) is 0 Å². The van der Waals surface area contributed by atoms with Crippen LogP contribution in [0.2, 0.25) is 10.0 Å². The number of hydrogen-bond acceptors (Lipinski definition) is 1. The summed E-state index contributed by atoms with van der Waals surface area (Å²) in [4.78, 5) is 7.93. The first kappa shape index (κ1) is 15.3. The highest BCUT2D eigenvalue weighted by atomic mass is 35.5. The molecule has 0 bridgehead atoms. The van der Waals surface area contributed by atoms with Crippen molar-refractivity contribution in [3.63, 3.8) is 0 Å². The molecule has 0 atom stereocenters. The second-order valence-electron chi connectivity index (χ2n) is 5.71. The summed E-state index contributed by atoms with van der Waals surface area (Å²) in [6.45, 7) is 0. The molecule has 0 saturated heterocycles. The fourth-order valence-corrected chi connectivity index (χ4v) is 3.19. The summed E-state index contributed by atoms with van der Waals surface area (Å²) in [7, 11) is 0. The lowest BCUT2D eigenvalue weighted by molar-refractivity contribution is 1.03. The Balaban J connectivity index is 1.65. The van der Waals surface area contributed by atoms with Crippen molar-refractivity contribution in [1.29, 1.82) is 0 Å². The number of aromatic amines is 1. The van der Waals surface area contributed by atoms with Crippen LogP contribution in [-0.4, -0.2) is 9.97 Å². The zero-order chi connectivity index (χ0) is 16.5. The molecule has 0 spiro atoms. The van der Waals surface area contributed by atoms with Crippen molar-refractivity contribution < 1.29 is 0 Å². The van der Waals surface area contributed by atoms with Gasteiger partial charge in [-0.2, -0.15) is 0 Å². The Kier molecular flexibility index (Phi) is 4.01. The Hall–Kier alpha value is -2.29. The Bertz CT molecular complexity index is 1020. The maximum atomic E-state index is 6.23. The quantitative estimate of drug-likeness (QED) is 0.472. The average molecular weight is 353 g/mol. The standard InChI is InChI=1S/C20H14Cl2N2/c21-17-7-8-18(22)16(10-17)11-20-23-12-19(24-20)15-6-5-13-3-1-2-4-14(13)9-15/h1-10,12H,11H2,(H,23,24). The Morgan fingerprint density at radius 3 is 2.58 bits per heavy atom. The van der Waals surface area contributed by atoms with Gasteiger partial charge < -0.3 is 4.98 Å². The van der Waals surface area contributed by atoms with E-state index < -0.39 is 0 Å². The first-order valence-electron chi connectivity index (χ1n) is 7.66. The molecule has 3 aromatic carbocycles. The summed E-state index contributed by atoms with van der Waals surface area (Å²) in [6, 6.07) is 20.1. The van der Waals surface area contributed by atoms with Crippen molar-refractivity contribution >= 4 is 34.0 Å². The first-order valence-corrected chi connectivity index (χ1v) is 8.42. The van der Waals surface area contributed by atoms with Gasteiger partial charge >= 0.3 is 0 Å². The summed E-state index contributed by atoms with van der Waals surface area (Å²) in [5, 5.41) is 3.80. The molecule has 4 aromatic rings. The number of H-pyrrole nitrogens is 1. The van der Waals surface area contributed by atoms with Crippen LogP contribution in [0.1, 0.15) is 11.4 Å². The summed E-state index contributed by atoms with van der Waals surface area (Å²) in [5.74, 6) is 0.863. The number of nitrogens with one attached hydrogen (secondary N) is 1. The highest BCUT2D eigenvalue weighted by molar-refractivity contribution is 6.33. The minimum atomic E-state index is 0.618. The van der Waals surface area contributed by atoms with Crippen LogP contribution in [0.25, 0.3) is 22.0 Å². The minimum Gasteiger partial charge on any atom is -0.348 e. The third kappa shape index (κ3) is 3.03. The summed E-state index contributed by atoms with van der Waals surface area (Å²) >= 11 is 12.3. The monoisotopic (exact) mass is 352 g/mol. The van der Waals surface area contributed by atoms with Crippen molar-refractivity contribution in [3.8, 4) is 11.3 Å². The predicted octanol–water partition coefficient (Wildman–Crippen LogP) is 6.13. The van der Waals surface area contributed by atoms with E-state index >= 15 is 0 Å². The predicted molar refractivity (Wildman–Crippen MR) is 101 cm³/mol. The molecule has 0 radical (unpaired) electrons. The fourth-order valence-electron chi connectivity index (χ4n) is 2.81. The van der Waals surface area contributed by atoms with E-state index in [4.69, 9.17) is 28.2 Å². The smallest absolute Gasteiger partial charge is 0.111 e. The van der Waals surface area contributed by atoms with Crippen LogP contribution in [-0.2, 0) is 6.42 Å². The van der Waals surface area contributed by atoms with E-state index in [9.17, 15) is 0 Å². The maximum absolute atomic E-state index is 6.23. The molecule has 0 saturated carbocycles. The van der Waals surface area contributed by atoms with Crippen molar-refractivity contribution in [2.24, 2.45) is 0 Å². The molecular weight excluding hydrogens is 339 g/mol. The van der Waals surface area contributed by atoms with Gasteiger partial charge in [0.1, 0.15) is 5.82 Å². The number of benzene rings is 3. The molecule has 118 valence electrons. The van der Waals surface area contributed by atoms with Gasteiger partial charge in [-0.15, -0.1) is 0 Å². The topological polar surface area (TPSA) is 28.7 Å². The summed E-state index contributed by atoms with van der Waals surface area (Å²) < 4.78 is 0. The van der Waals surface area contributed by atoms with Gasteiger partial charge in [-0.1, -0.05) is 59.6 Å². The van der Waals surface area contributed by atoms with Crippen LogP contribution in [0.4, 0.5) is 0 Å². The van der Waals surface area contributed by atoms with Crippen LogP contribution in [0.15, 0.2) is 66.9 Å². The third-order valence-electron chi connectivity index (χ3n) is 4.04. The third-order valence-corrected chi connectivity index (χ3v) is 4.65. The molecule has 1 aromatic heterocycles. The zero-order valence-electron chi connectivity index (χ0n) is 12.8. The number of halogens is 2. The van der Waals surface area contributed by atoms with Crippen molar-refractivity contribution in [3.05, 3.63) is 88.3 Å². The average Bonchev–Trinajstić information content (AvgIpc) is 3.06. The lowest BCUT2D eigenvalue weighted by Crippen LogP contribution is -1.92. The van der Waals surface area contributed by atoms with Crippen LogP contribution in [0.3, 0.4) is 0 Å². The van der Waals surface area contributed by atoms with Crippen LogP contribution in [0, 0.1) is 0 Å². The van der Waals surface area contributed by atoms with Gasteiger partial charge in [0.25, 0.3) is 0 Å². The number of fused-ring (bicyclic) bond motifs is 1. The second kappa shape index (κ2) is 6.31. The van der Waals surface area contributed by atoms with Gasteiger partial charge in [-0.25, -0.2) is 4.98 Å². The van der Waals surface area contributed by atoms with E-state index in [1.807, 2.05) is 30.5 Å². The lowest BCUT2D eigenvalue weighted by atomic mass is 10.1. The van der Waals surface area contributed by atoms with Gasteiger partial charge in [-0.05, 0) is 40.6 Å². The normalized spacial score (nSPS) is 11.1. The molecule has 0 amide bonds. The van der Waals surface area contributed by atoms with Crippen LogP contribution < -0.4 is 0 Å². The SMILES string of the molecule is Clc1ccc(Cl)c(Cc2nc(-c3ccc4ccccc4c3)c[nH]2)c1. The van der Waals surface area contributed by atoms with Crippen LogP contribution >= 0.6 is 23.2 Å². The van der Waals surface area contributed by atoms with Crippen LogP contribution in [0.5, 0.6) is 0 Å². The van der Waals surface area contributed by atoms with Crippen molar-refractivity contribution in [2.75, 3.05) is 0 Å².